The monoisotopic (exact) mass is 555 g/mol. The summed E-state index contributed by atoms with van der Waals surface area (Å²) in [4.78, 5) is 29.4. The van der Waals surface area contributed by atoms with Gasteiger partial charge in [0, 0.05) is 10.9 Å². The molecule has 7 nitrogen and oxygen atoms in total. The van der Waals surface area contributed by atoms with Crippen LogP contribution in [-0.2, 0) is 16.1 Å². The van der Waals surface area contributed by atoms with Crippen LogP contribution in [0.2, 0.25) is 0 Å². The number of benzene rings is 3. The minimum absolute atomic E-state index is 0.0106. The molecule has 1 N–H and O–H groups in total. The summed E-state index contributed by atoms with van der Waals surface area (Å²) in [5.74, 6) is 0.378. The Morgan fingerprint density at radius 1 is 0.850 bits per heavy atom. The van der Waals surface area contributed by atoms with Crippen LogP contribution in [0.25, 0.3) is 5.76 Å². The first-order chi connectivity index (χ1) is 19.5. The lowest BCUT2D eigenvalue weighted by Gasteiger charge is -2.25. The molecule has 0 spiro atoms. The predicted octanol–water partition coefficient (Wildman–Crippen LogP) is 6.96. The maximum atomic E-state index is 13.6. The van der Waals surface area contributed by atoms with Crippen LogP contribution < -0.4 is 14.2 Å². The van der Waals surface area contributed by atoms with Crippen molar-refractivity contribution in [3.63, 3.8) is 0 Å². The van der Waals surface area contributed by atoms with E-state index in [9.17, 15) is 14.7 Å². The zero-order valence-corrected chi connectivity index (χ0v) is 23.0. The van der Waals surface area contributed by atoms with E-state index in [0.717, 1.165) is 4.88 Å². The van der Waals surface area contributed by atoms with Gasteiger partial charge in [0.05, 0.1) is 36.9 Å². The van der Waals surface area contributed by atoms with E-state index in [1.807, 2.05) is 73.8 Å². The molecule has 1 atom stereocenters. The maximum absolute atomic E-state index is 13.6. The quantitative estimate of drug-likeness (QED) is 0.129. The molecule has 3 aromatic carbocycles. The molecule has 40 heavy (non-hydrogen) atoms. The number of aliphatic hydroxyl groups is 1. The third-order valence-electron chi connectivity index (χ3n) is 6.42. The number of amides is 1. The highest BCUT2D eigenvalue weighted by atomic mass is 32.1. The first-order valence-electron chi connectivity index (χ1n) is 13.0. The number of likely N-dealkylation sites (tertiary alicyclic amines) is 1. The molecule has 0 bridgehead atoms. The van der Waals surface area contributed by atoms with Gasteiger partial charge in [-0.2, -0.15) is 0 Å². The maximum Gasteiger partial charge on any atom is 0.295 e. The van der Waals surface area contributed by atoms with Gasteiger partial charge in [0.1, 0.15) is 28.8 Å². The van der Waals surface area contributed by atoms with Crippen LogP contribution in [0.4, 0.5) is 0 Å². The average molecular weight is 556 g/mol. The van der Waals surface area contributed by atoms with Crippen LogP contribution in [0.5, 0.6) is 23.0 Å². The largest absolute Gasteiger partial charge is 0.507 e. The number of nitrogens with zero attached hydrogens (tertiary/aromatic N) is 1. The van der Waals surface area contributed by atoms with E-state index in [-0.39, 0.29) is 17.9 Å². The van der Waals surface area contributed by atoms with Crippen molar-refractivity contribution < 1.29 is 28.9 Å². The minimum Gasteiger partial charge on any atom is -0.507 e. The summed E-state index contributed by atoms with van der Waals surface area (Å²) in [5, 5.41) is 13.6. The third-order valence-corrected chi connectivity index (χ3v) is 7.28. The second-order valence-electron chi connectivity index (χ2n) is 9.02. The Bertz CT molecular complexity index is 1530. The molecular formula is C32H29NO6S. The number of ether oxygens (including phenoxy) is 3. The van der Waals surface area contributed by atoms with Crippen molar-refractivity contribution in [1.29, 1.82) is 0 Å². The molecule has 1 aromatic heterocycles. The molecule has 1 saturated heterocycles. The Labute approximate surface area is 236 Å². The van der Waals surface area contributed by atoms with E-state index < -0.39 is 17.7 Å². The molecule has 8 heteroatoms. The van der Waals surface area contributed by atoms with E-state index in [1.165, 1.54) is 16.2 Å². The Morgan fingerprint density at radius 3 is 2.35 bits per heavy atom. The number of hydrogen-bond acceptors (Lipinski definition) is 7. The highest BCUT2D eigenvalue weighted by Crippen LogP contribution is 2.43. The summed E-state index contributed by atoms with van der Waals surface area (Å²) in [5.41, 5.74) is 0.930. The number of thiophene rings is 1. The van der Waals surface area contributed by atoms with Gasteiger partial charge in [0.25, 0.3) is 11.7 Å². The van der Waals surface area contributed by atoms with Crippen LogP contribution in [0, 0.1) is 0 Å². The third kappa shape index (κ3) is 5.58. The van der Waals surface area contributed by atoms with E-state index in [2.05, 4.69) is 0 Å². The van der Waals surface area contributed by atoms with Gasteiger partial charge in [-0.25, -0.2) is 0 Å². The van der Waals surface area contributed by atoms with E-state index in [4.69, 9.17) is 14.2 Å². The van der Waals surface area contributed by atoms with Crippen LogP contribution in [-0.4, -0.2) is 34.9 Å². The standard InChI is InChI=1S/C32H29NO6S/c1-3-37-23-15-16-26(27(19-23)38-4-2)30(34)28-29(33(32(36)31(28)35)20-25-14-9-17-40-25)21-10-8-13-24(18-21)39-22-11-6-5-7-12-22/h5-19,29,34H,3-4,20H2,1-2H3/b30-28+. The molecule has 5 rings (SSSR count). The second-order valence-corrected chi connectivity index (χ2v) is 10.1. The van der Waals surface area contributed by atoms with Crippen LogP contribution in [0.3, 0.4) is 0 Å². The number of para-hydroxylation sites is 1. The van der Waals surface area contributed by atoms with Gasteiger partial charge in [-0.05, 0) is 67.3 Å². The number of carbonyl (C=O) groups excluding carboxylic acids is 2. The summed E-state index contributed by atoms with van der Waals surface area (Å²) >= 11 is 1.49. The van der Waals surface area contributed by atoms with Crippen molar-refractivity contribution in [3.05, 3.63) is 112 Å². The zero-order valence-electron chi connectivity index (χ0n) is 22.2. The Balaban J connectivity index is 1.63. The molecular weight excluding hydrogens is 526 g/mol. The average Bonchev–Trinajstić information content (AvgIpc) is 3.56. The molecule has 1 aliphatic rings. The number of ketones is 1. The topological polar surface area (TPSA) is 85.3 Å². The first kappa shape index (κ1) is 27.0. The number of rotatable bonds is 10. The van der Waals surface area contributed by atoms with Crippen molar-refractivity contribution >= 4 is 28.8 Å². The van der Waals surface area contributed by atoms with Crippen molar-refractivity contribution in [2.45, 2.75) is 26.4 Å². The lowest BCUT2D eigenvalue weighted by atomic mass is 9.94. The molecule has 4 aromatic rings. The molecule has 1 fully saturated rings. The van der Waals surface area contributed by atoms with Gasteiger partial charge in [-0.15, -0.1) is 11.3 Å². The molecule has 0 saturated carbocycles. The molecule has 0 radical (unpaired) electrons. The summed E-state index contributed by atoms with van der Waals surface area (Å²) in [6, 6.07) is 24.6. The molecule has 2 heterocycles. The smallest absolute Gasteiger partial charge is 0.295 e. The second kappa shape index (κ2) is 12.1. The summed E-state index contributed by atoms with van der Waals surface area (Å²) in [7, 11) is 0. The predicted molar refractivity (Wildman–Crippen MR) is 154 cm³/mol. The zero-order chi connectivity index (χ0) is 28.1. The Hall–Kier alpha value is -4.56. The summed E-state index contributed by atoms with van der Waals surface area (Å²) in [6.07, 6.45) is 0. The Kier molecular flexibility index (Phi) is 8.17. The first-order valence-corrected chi connectivity index (χ1v) is 13.9. The van der Waals surface area contributed by atoms with Crippen molar-refractivity contribution in [1.82, 2.24) is 4.90 Å². The van der Waals surface area contributed by atoms with Crippen LogP contribution >= 0.6 is 11.3 Å². The van der Waals surface area contributed by atoms with Crippen molar-refractivity contribution in [2.24, 2.45) is 0 Å². The van der Waals surface area contributed by atoms with E-state index >= 15 is 0 Å². The van der Waals surface area contributed by atoms with Gasteiger partial charge >= 0.3 is 0 Å². The highest BCUT2D eigenvalue weighted by molar-refractivity contribution is 7.09. The fourth-order valence-electron chi connectivity index (χ4n) is 4.71. The molecule has 0 aliphatic carbocycles. The number of hydrogen-bond donors (Lipinski definition) is 1. The van der Waals surface area contributed by atoms with Crippen molar-refractivity contribution in [3.8, 4) is 23.0 Å². The lowest BCUT2D eigenvalue weighted by Crippen LogP contribution is -2.28. The van der Waals surface area contributed by atoms with Gasteiger partial charge in [-0.1, -0.05) is 36.4 Å². The van der Waals surface area contributed by atoms with Gasteiger partial charge in [0.15, 0.2) is 0 Å². The number of carbonyl (C=O) groups is 2. The molecule has 204 valence electrons. The SMILES string of the molecule is CCOc1ccc(/C(O)=C2\C(=O)C(=O)N(Cc3cccs3)C2c2cccc(Oc3ccccc3)c2)c(OCC)c1. The molecule has 1 amide bonds. The molecule has 1 aliphatic heterocycles. The lowest BCUT2D eigenvalue weighted by molar-refractivity contribution is -0.140. The van der Waals surface area contributed by atoms with E-state index in [0.29, 0.717) is 47.3 Å². The Morgan fingerprint density at radius 2 is 1.62 bits per heavy atom. The minimum atomic E-state index is -0.845. The van der Waals surface area contributed by atoms with Gasteiger partial charge in [-0.3, -0.25) is 9.59 Å². The fraction of sp³-hybridized carbons (Fsp3) is 0.188. The number of Topliss-reactive ketones (excluding diaryl/α,β-unsaturated/α-hetero) is 1. The van der Waals surface area contributed by atoms with Gasteiger partial charge < -0.3 is 24.2 Å². The number of aliphatic hydroxyl groups excluding tert-OH is 1. The highest BCUT2D eigenvalue weighted by Gasteiger charge is 2.46. The fourth-order valence-corrected chi connectivity index (χ4v) is 5.41. The summed E-state index contributed by atoms with van der Waals surface area (Å²) < 4.78 is 17.4. The van der Waals surface area contributed by atoms with E-state index in [1.54, 1.807) is 30.3 Å². The van der Waals surface area contributed by atoms with Crippen molar-refractivity contribution in [2.75, 3.05) is 13.2 Å². The van der Waals surface area contributed by atoms with Crippen LogP contribution in [0.15, 0.2) is 95.9 Å². The molecule has 1 unspecified atom stereocenters. The summed E-state index contributed by atoms with van der Waals surface area (Å²) in [6.45, 7) is 4.72. The van der Waals surface area contributed by atoms with Crippen LogP contribution in [0.1, 0.15) is 35.9 Å². The normalized spacial score (nSPS) is 16.2. The van der Waals surface area contributed by atoms with Gasteiger partial charge in [0.2, 0.25) is 0 Å².